The van der Waals surface area contributed by atoms with E-state index in [4.69, 9.17) is 14.6 Å². The summed E-state index contributed by atoms with van der Waals surface area (Å²) in [5.41, 5.74) is 1.37. The summed E-state index contributed by atoms with van der Waals surface area (Å²) in [6, 6.07) is 14.4. The van der Waals surface area contributed by atoms with E-state index in [0.717, 1.165) is 5.56 Å². The van der Waals surface area contributed by atoms with Crippen LogP contribution in [0.25, 0.3) is 0 Å². The third-order valence-corrected chi connectivity index (χ3v) is 2.96. The number of hydrogen-bond donors (Lipinski definition) is 1. The van der Waals surface area contributed by atoms with E-state index in [-0.39, 0.29) is 12.4 Å². The highest BCUT2D eigenvalue weighted by Crippen LogP contribution is 2.18. The minimum Gasteiger partial charge on any atom is -0.490 e. The number of Topliss-reactive ketones (excluding diaryl/α,β-unsaturated/α-hetero) is 1. The van der Waals surface area contributed by atoms with Crippen molar-refractivity contribution >= 4 is 5.78 Å². The second-order valence-electron chi connectivity index (χ2n) is 4.55. The summed E-state index contributed by atoms with van der Waals surface area (Å²) in [4.78, 5) is 11.5. The third-order valence-electron chi connectivity index (χ3n) is 2.96. The number of aliphatic hydroxyl groups is 1. The maximum absolute atomic E-state index is 11.5. The van der Waals surface area contributed by atoms with Gasteiger partial charge in [-0.15, -0.1) is 0 Å². The van der Waals surface area contributed by atoms with E-state index < -0.39 is 0 Å². The summed E-state index contributed by atoms with van der Waals surface area (Å²) in [6.45, 7) is 2.20. The van der Waals surface area contributed by atoms with Gasteiger partial charge in [0.1, 0.15) is 24.7 Å². The lowest BCUT2D eigenvalue weighted by Gasteiger charge is -2.11. The molecule has 0 unspecified atom stereocenters. The van der Waals surface area contributed by atoms with E-state index in [1.54, 1.807) is 24.3 Å². The van der Waals surface area contributed by atoms with Crippen LogP contribution in [0.15, 0.2) is 48.5 Å². The van der Waals surface area contributed by atoms with E-state index >= 15 is 0 Å². The van der Waals surface area contributed by atoms with Gasteiger partial charge in [-0.25, -0.2) is 0 Å². The fourth-order valence-corrected chi connectivity index (χ4v) is 1.93. The zero-order valence-corrected chi connectivity index (χ0v) is 11.9. The normalized spacial score (nSPS) is 10.2. The van der Waals surface area contributed by atoms with E-state index in [2.05, 4.69) is 0 Å². The molecular weight excluding hydrogens is 268 g/mol. The predicted molar refractivity (Wildman–Crippen MR) is 79.8 cm³/mol. The molecular formula is C17H18O4. The number of ketones is 1. The highest BCUT2D eigenvalue weighted by atomic mass is 16.5. The SMILES string of the molecule is CC(=O)c1ccccc1OCCOc1cccc(CO)c1. The van der Waals surface area contributed by atoms with E-state index in [9.17, 15) is 4.79 Å². The number of ether oxygens (including phenoxy) is 2. The summed E-state index contributed by atoms with van der Waals surface area (Å²) < 4.78 is 11.1. The molecule has 2 aromatic rings. The van der Waals surface area contributed by atoms with Crippen LogP contribution in [0.2, 0.25) is 0 Å². The summed E-state index contributed by atoms with van der Waals surface area (Å²) in [7, 11) is 0. The molecule has 4 heteroatoms. The molecule has 0 heterocycles. The summed E-state index contributed by atoms with van der Waals surface area (Å²) in [5.74, 6) is 1.23. The lowest BCUT2D eigenvalue weighted by atomic mass is 10.1. The molecule has 0 fully saturated rings. The van der Waals surface area contributed by atoms with Crippen LogP contribution in [0, 0.1) is 0 Å². The van der Waals surface area contributed by atoms with E-state index in [1.165, 1.54) is 6.92 Å². The molecule has 4 nitrogen and oxygen atoms in total. The quantitative estimate of drug-likeness (QED) is 0.628. The van der Waals surface area contributed by atoms with E-state index in [1.807, 2.05) is 24.3 Å². The van der Waals surface area contributed by atoms with Crippen LogP contribution in [-0.2, 0) is 6.61 Å². The number of hydrogen-bond acceptors (Lipinski definition) is 4. The molecule has 2 aromatic carbocycles. The molecule has 0 aliphatic rings. The standard InChI is InChI=1S/C17H18O4/c1-13(19)16-7-2-3-8-17(16)21-10-9-20-15-6-4-5-14(11-15)12-18/h2-8,11,18H,9-10,12H2,1H3. The Kier molecular flexibility index (Phi) is 5.35. The molecule has 0 saturated heterocycles. The highest BCUT2D eigenvalue weighted by molar-refractivity contribution is 5.96. The van der Waals surface area contributed by atoms with Gasteiger partial charge >= 0.3 is 0 Å². The maximum atomic E-state index is 11.5. The first-order valence-corrected chi connectivity index (χ1v) is 6.76. The predicted octanol–water partition coefficient (Wildman–Crippen LogP) is 2.84. The summed E-state index contributed by atoms with van der Waals surface area (Å²) in [5, 5.41) is 9.05. The van der Waals surface area contributed by atoms with Gasteiger partial charge in [-0.1, -0.05) is 24.3 Å². The number of rotatable bonds is 7. The molecule has 0 aromatic heterocycles. The molecule has 0 aliphatic carbocycles. The van der Waals surface area contributed by atoms with Crippen LogP contribution in [0.4, 0.5) is 0 Å². The molecule has 0 saturated carbocycles. The van der Waals surface area contributed by atoms with Crippen molar-refractivity contribution in [3.63, 3.8) is 0 Å². The number of carbonyl (C=O) groups excluding carboxylic acids is 1. The first-order valence-electron chi connectivity index (χ1n) is 6.76. The van der Waals surface area contributed by atoms with Crippen molar-refractivity contribution in [2.45, 2.75) is 13.5 Å². The van der Waals surface area contributed by atoms with Gasteiger partial charge in [0.25, 0.3) is 0 Å². The fraction of sp³-hybridized carbons (Fsp3) is 0.235. The number of aliphatic hydroxyl groups excluding tert-OH is 1. The molecule has 2 rings (SSSR count). The van der Waals surface area contributed by atoms with Gasteiger partial charge < -0.3 is 14.6 Å². The Morgan fingerprint density at radius 3 is 2.57 bits per heavy atom. The van der Waals surface area contributed by atoms with Crippen LogP contribution in [0.3, 0.4) is 0 Å². The number of benzene rings is 2. The van der Waals surface area contributed by atoms with Crippen molar-refractivity contribution < 1.29 is 19.4 Å². The van der Waals surface area contributed by atoms with Crippen molar-refractivity contribution in [1.82, 2.24) is 0 Å². The lowest BCUT2D eigenvalue weighted by Crippen LogP contribution is -2.10. The monoisotopic (exact) mass is 286 g/mol. The van der Waals surface area contributed by atoms with Crippen LogP contribution >= 0.6 is 0 Å². The van der Waals surface area contributed by atoms with Gasteiger partial charge in [0.15, 0.2) is 5.78 Å². The van der Waals surface area contributed by atoms with Gasteiger partial charge in [-0.3, -0.25) is 4.79 Å². The van der Waals surface area contributed by atoms with Gasteiger partial charge in [-0.05, 0) is 36.8 Å². The van der Waals surface area contributed by atoms with Crippen LogP contribution in [-0.4, -0.2) is 24.1 Å². The van der Waals surface area contributed by atoms with Crippen molar-refractivity contribution in [1.29, 1.82) is 0 Å². The molecule has 0 bridgehead atoms. The Morgan fingerprint density at radius 2 is 1.81 bits per heavy atom. The molecule has 21 heavy (non-hydrogen) atoms. The van der Waals surface area contributed by atoms with Crippen molar-refractivity contribution in [3.8, 4) is 11.5 Å². The topological polar surface area (TPSA) is 55.8 Å². The Balaban J connectivity index is 1.86. The van der Waals surface area contributed by atoms with Crippen LogP contribution in [0.1, 0.15) is 22.8 Å². The highest BCUT2D eigenvalue weighted by Gasteiger charge is 2.07. The first-order chi connectivity index (χ1) is 10.2. The van der Waals surface area contributed by atoms with Crippen molar-refractivity contribution in [2.75, 3.05) is 13.2 Å². The smallest absolute Gasteiger partial charge is 0.163 e. The van der Waals surface area contributed by atoms with Gasteiger partial charge in [0.2, 0.25) is 0 Å². The molecule has 0 spiro atoms. The molecule has 110 valence electrons. The average Bonchev–Trinajstić information content (AvgIpc) is 2.52. The maximum Gasteiger partial charge on any atom is 0.163 e. The van der Waals surface area contributed by atoms with Gasteiger partial charge in [0, 0.05) is 0 Å². The fourth-order valence-electron chi connectivity index (χ4n) is 1.93. The molecule has 0 amide bonds. The largest absolute Gasteiger partial charge is 0.490 e. The van der Waals surface area contributed by atoms with Crippen molar-refractivity contribution in [2.24, 2.45) is 0 Å². The van der Waals surface area contributed by atoms with Gasteiger partial charge in [-0.2, -0.15) is 0 Å². The Hall–Kier alpha value is -2.33. The lowest BCUT2D eigenvalue weighted by molar-refractivity contribution is 0.101. The molecule has 1 N–H and O–H groups in total. The molecule has 0 radical (unpaired) electrons. The summed E-state index contributed by atoms with van der Waals surface area (Å²) >= 11 is 0. The van der Waals surface area contributed by atoms with E-state index in [0.29, 0.717) is 30.3 Å². The molecule has 0 atom stereocenters. The summed E-state index contributed by atoms with van der Waals surface area (Å²) in [6.07, 6.45) is 0. The second kappa shape index (κ2) is 7.45. The minimum absolute atomic E-state index is 0.0142. The molecule has 0 aliphatic heterocycles. The Labute approximate surface area is 123 Å². The van der Waals surface area contributed by atoms with Gasteiger partial charge in [0.05, 0.1) is 12.2 Å². The third kappa shape index (κ3) is 4.33. The first kappa shape index (κ1) is 15.1. The average molecular weight is 286 g/mol. The van der Waals surface area contributed by atoms with Crippen LogP contribution in [0.5, 0.6) is 11.5 Å². The van der Waals surface area contributed by atoms with Crippen molar-refractivity contribution in [3.05, 3.63) is 59.7 Å². The zero-order valence-electron chi connectivity index (χ0n) is 11.9. The second-order valence-corrected chi connectivity index (χ2v) is 4.55. The number of para-hydroxylation sites is 1. The minimum atomic E-state index is -0.0258. The Morgan fingerprint density at radius 1 is 1.05 bits per heavy atom. The van der Waals surface area contributed by atoms with Crippen LogP contribution < -0.4 is 9.47 Å². The number of carbonyl (C=O) groups is 1. The zero-order chi connectivity index (χ0) is 15.1. The Bertz CT molecular complexity index is 607.